The Hall–Kier alpha value is -1.99. The smallest absolute Gasteiger partial charge is 0.190 e. The van der Waals surface area contributed by atoms with E-state index in [4.69, 9.17) is 5.73 Å². The number of nitrogen functional groups attached to an aromatic ring is 1. The van der Waals surface area contributed by atoms with E-state index in [2.05, 4.69) is 21.8 Å². The molecule has 0 radical (unpaired) electrons. The average molecular weight is 255 g/mol. The van der Waals surface area contributed by atoms with Crippen LogP contribution in [0.5, 0.6) is 0 Å². The van der Waals surface area contributed by atoms with Gasteiger partial charge >= 0.3 is 0 Å². The van der Waals surface area contributed by atoms with Gasteiger partial charge < -0.3 is 5.73 Å². The van der Waals surface area contributed by atoms with Crippen LogP contribution in [0.2, 0.25) is 0 Å². The molecular formula is C14H13N3S. The van der Waals surface area contributed by atoms with Crippen LogP contribution in [0.1, 0.15) is 11.3 Å². The molecule has 0 aliphatic heterocycles. The second-order valence-corrected chi connectivity index (χ2v) is 4.62. The summed E-state index contributed by atoms with van der Waals surface area (Å²) in [5.41, 5.74) is 7.55. The molecule has 0 fully saturated rings. The maximum absolute atomic E-state index is 5.65. The second-order valence-electron chi connectivity index (χ2n) is 3.67. The maximum atomic E-state index is 5.65. The molecule has 4 heteroatoms. The predicted octanol–water partition coefficient (Wildman–Crippen LogP) is 2.51. The summed E-state index contributed by atoms with van der Waals surface area (Å²) in [5, 5.41) is 0.676. The van der Waals surface area contributed by atoms with Gasteiger partial charge in [0, 0.05) is 17.3 Å². The number of thioether (sulfide) groups is 1. The topological polar surface area (TPSA) is 51.8 Å². The van der Waals surface area contributed by atoms with Gasteiger partial charge in [-0.3, -0.25) is 0 Å². The van der Waals surface area contributed by atoms with Crippen LogP contribution in [0.25, 0.3) is 0 Å². The van der Waals surface area contributed by atoms with Gasteiger partial charge in [-0.25, -0.2) is 9.97 Å². The van der Waals surface area contributed by atoms with Crippen LogP contribution >= 0.6 is 11.8 Å². The third kappa shape index (κ3) is 3.79. The van der Waals surface area contributed by atoms with Gasteiger partial charge in [0.1, 0.15) is 5.82 Å². The van der Waals surface area contributed by atoms with Crippen molar-refractivity contribution >= 4 is 17.6 Å². The number of benzene rings is 1. The lowest BCUT2D eigenvalue weighted by Gasteiger charge is -1.99. The summed E-state index contributed by atoms with van der Waals surface area (Å²) in [6.45, 7) is 1.90. The normalized spacial score (nSPS) is 9.61. The van der Waals surface area contributed by atoms with Crippen LogP contribution < -0.4 is 5.73 Å². The van der Waals surface area contributed by atoms with Gasteiger partial charge in [0.05, 0.1) is 5.75 Å². The first kappa shape index (κ1) is 12.5. The number of aromatic nitrogens is 2. The summed E-state index contributed by atoms with van der Waals surface area (Å²) in [7, 11) is 0. The third-order valence-electron chi connectivity index (χ3n) is 2.13. The van der Waals surface area contributed by atoms with Crippen molar-refractivity contribution in [2.24, 2.45) is 0 Å². The highest BCUT2D eigenvalue weighted by Crippen LogP contribution is 2.14. The van der Waals surface area contributed by atoms with Gasteiger partial charge in [-0.1, -0.05) is 41.8 Å². The lowest BCUT2D eigenvalue weighted by Crippen LogP contribution is -1.96. The molecule has 0 aliphatic carbocycles. The Morgan fingerprint density at radius 1 is 1.22 bits per heavy atom. The number of nitrogens with two attached hydrogens (primary N) is 1. The zero-order chi connectivity index (χ0) is 12.8. The third-order valence-corrected chi connectivity index (χ3v) is 2.86. The van der Waals surface area contributed by atoms with E-state index >= 15 is 0 Å². The maximum Gasteiger partial charge on any atom is 0.190 e. The van der Waals surface area contributed by atoms with Crippen LogP contribution in [-0.2, 0) is 0 Å². The molecule has 2 rings (SSSR count). The minimum atomic E-state index is 0.501. The van der Waals surface area contributed by atoms with Crippen molar-refractivity contribution in [3.05, 3.63) is 47.7 Å². The molecule has 3 nitrogen and oxygen atoms in total. The lowest BCUT2D eigenvalue weighted by molar-refractivity contribution is 0.942. The summed E-state index contributed by atoms with van der Waals surface area (Å²) in [6.07, 6.45) is 0. The molecule has 0 aliphatic rings. The zero-order valence-corrected chi connectivity index (χ0v) is 10.9. The van der Waals surface area contributed by atoms with Crippen molar-refractivity contribution in [3.8, 4) is 11.8 Å². The summed E-state index contributed by atoms with van der Waals surface area (Å²) < 4.78 is 0. The van der Waals surface area contributed by atoms with E-state index in [1.165, 1.54) is 11.8 Å². The molecule has 0 spiro atoms. The van der Waals surface area contributed by atoms with Crippen LogP contribution in [0.4, 0.5) is 5.82 Å². The highest BCUT2D eigenvalue weighted by atomic mass is 32.2. The van der Waals surface area contributed by atoms with Gasteiger partial charge in [-0.15, -0.1) is 0 Å². The molecule has 0 saturated heterocycles. The molecule has 1 aromatic carbocycles. The average Bonchev–Trinajstić information content (AvgIpc) is 2.35. The van der Waals surface area contributed by atoms with E-state index in [0.29, 0.717) is 16.7 Å². The molecule has 0 amide bonds. The van der Waals surface area contributed by atoms with Gasteiger partial charge in [-0.2, -0.15) is 0 Å². The Morgan fingerprint density at radius 2 is 2.00 bits per heavy atom. The number of nitrogens with zero attached hydrogens (tertiary/aromatic N) is 2. The van der Waals surface area contributed by atoms with E-state index in [1.807, 2.05) is 37.3 Å². The molecule has 0 saturated carbocycles. The van der Waals surface area contributed by atoms with Crippen molar-refractivity contribution in [3.63, 3.8) is 0 Å². The van der Waals surface area contributed by atoms with Crippen molar-refractivity contribution < 1.29 is 0 Å². The van der Waals surface area contributed by atoms with Crippen LogP contribution in [0.3, 0.4) is 0 Å². The molecule has 0 bridgehead atoms. The highest BCUT2D eigenvalue weighted by molar-refractivity contribution is 7.99. The Labute approximate surface area is 111 Å². The molecule has 2 aromatic rings. The summed E-state index contributed by atoms with van der Waals surface area (Å²) >= 11 is 1.49. The van der Waals surface area contributed by atoms with Gasteiger partial charge in [0.15, 0.2) is 5.16 Å². The number of hydrogen-bond donors (Lipinski definition) is 1. The minimum Gasteiger partial charge on any atom is -0.384 e. The fraction of sp³-hybridized carbons (Fsp3) is 0.143. The summed E-state index contributed by atoms with van der Waals surface area (Å²) in [5.74, 6) is 7.32. The second kappa shape index (κ2) is 6.08. The lowest BCUT2D eigenvalue weighted by atomic mass is 10.2. The van der Waals surface area contributed by atoms with Crippen LogP contribution in [-0.4, -0.2) is 15.7 Å². The predicted molar refractivity (Wildman–Crippen MR) is 75.2 cm³/mol. The monoisotopic (exact) mass is 255 g/mol. The molecular weight excluding hydrogens is 242 g/mol. The highest BCUT2D eigenvalue weighted by Gasteiger charge is 1.98. The van der Waals surface area contributed by atoms with Crippen LogP contribution in [0.15, 0.2) is 41.6 Å². The fourth-order valence-electron chi connectivity index (χ4n) is 1.39. The molecule has 90 valence electrons. The van der Waals surface area contributed by atoms with E-state index in [1.54, 1.807) is 6.07 Å². The van der Waals surface area contributed by atoms with Gasteiger partial charge in [0.25, 0.3) is 0 Å². The molecule has 1 heterocycles. The largest absolute Gasteiger partial charge is 0.384 e. The number of hydrogen-bond acceptors (Lipinski definition) is 4. The van der Waals surface area contributed by atoms with E-state index in [0.717, 1.165) is 11.3 Å². The summed E-state index contributed by atoms with van der Waals surface area (Å²) in [6, 6.07) is 11.6. The number of aryl methyl sites for hydroxylation is 1. The Morgan fingerprint density at radius 3 is 2.72 bits per heavy atom. The van der Waals surface area contributed by atoms with Crippen molar-refractivity contribution in [2.75, 3.05) is 11.5 Å². The first-order valence-electron chi connectivity index (χ1n) is 5.52. The molecule has 18 heavy (non-hydrogen) atoms. The Kier molecular flexibility index (Phi) is 4.21. The number of anilines is 1. The molecule has 0 atom stereocenters. The molecule has 2 N–H and O–H groups in total. The quantitative estimate of drug-likeness (QED) is 0.509. The Balaban J connectivity index is 1.95. The van der Waals surface area contributed by atoms with Crippen molar-refractivity contribution in [1.82, 2.24) is 9.97 Å². The van der Waals surface area contributed by atoms with Crippen molar-refractivity contribution in [1.29, 1.82) is 0 Å². The standard InChI is InChI=1S/C14H13N3S/c1-11-10-13(15)17-14(16-11)18-9-5-8-12-6-3-2-4-7-12/h2-4,6-7,10H,9H2,1H3,(H2,15,16,17). The van der Waals surface area contributed by atoms with Gasteiger partial charge in [0.2, 0.25) is 0 Å². The molecule has 0 unspecified atom stereocenters. The Bertz CT molecular complexity index is 565. The number of rotatable bonds is 2. The zero-order valence-electron chi connectivity index (χ0n) is 10.1. The van der Waals surface area contributed by atoms with Gasteiger partial charge in [-0.05, 0) is 19.1 Å². The fourth-order valence-corrected chi connectivity index (χ4v) is 2.04. The molecule has 1 aromatic heterocycles. The van der Waals surface area contributed by atoms with E-state index in [9.17, 15) is 0 Å². The SMILES string of the molecule is Cc1cc(N)nc(SCC#Cc2ccccc2)n1. The van der Waals surface area contributed by atoms with Crippen LogP contribution in [0, 0.1) is 18.8 Å². The van der Waals surface area contributed by atoms with E-state index < -0.39 is 0 Å². The first-order chi connectivity index (χ1) is 8.74. The van der Waals surface area contributed by atoms with E-state index in [-0.39, 0.29) is 0 Å². The first-order valence-corrected chi connectivity index (χ1v) is 6.50. The minimum absolute atomic E-state index is 0.501. The van der Waals surface area contributed by atoms with Crippen molar-refractivity contribution in [2.45, 2.75) is 12.1 Å². The summed E-state index contributed by atoms with van der Waals surface area (Å²) in [4.78, 5) is 8.42.